The fourth-order valence-electron chi connectivity index (χ4n) is 4.14. The van der Waals surface area contributed by atoms with Crippen molar-refractivity contribution in [2.24, 2.45) is 7.05 Å². The number of hydrogen-bond acceptors (Lipinski definition) is 1. The number of benzene rings is 3. The highest BCUT2D eigenvalue weighted by atomic mass is 16.3. The van der Waals surface area contributed by atoms with Gasteiger partial charge in [-0.1, -0.05) is 24.3 Å². The molecule has 0 spiro atoms. The zero-order chi connectivity index (χ0) is 18.7. The van der Waals surface area contributed by atoms with Crippen molar-refractivity contribution in [3.8, 4) is 11.3 Å². The molecule has 0 bridgehead atoms. The van der Waals surface area contributed by atoms with E-state index in [1.54, 1.807) is 0 Å². The highest BCUT2D eigenvalue weighted by Gasteiger charge is 2.23. The summed E-state index contributed by atoms with van der Waals surface area (Å²) in [5.74, 6) is 0. The summed E-state index contributed by atoms with van der Waals surface area (Å²) in [4.78, 5) is 0. The largest absolute Gasteiger partial charge is 0.455 e. The number of aryl methyl sites for hydroxylation is 3. The van der Waals surface area contributed by atoms with Gasteiger partial charge >= 0.3 is 0 Å². The second kappa shape index (κ2) is 5.68. The number of hydrogen-bond donors (Lipinski definition) is 0. The molecule has 0 radical (unpaired) electrons. The molecule has 132 valence electrons. The maximum Gasteiger partial charge on any atom is 0.216 e. The minimum absolute atomic E-state index is 0.943. The van der Waals surface area contributed by atoms with Gasteiger partial charge in [0.05, 0.1) is 5.56 Å². The lowest BCUT2D eigenvalue weighted by molar-refractivity contribution is -0.633. The van der Waals surface area contributed by atoms with Gasteiger partial charge in [-0.2, -0.15) is 4.57 Å². The predicted octanol–water partition coefficient (Wildman–Crippen LogP) is 6.16. The Kier molecular flexibility index (Phi) is 3.38. The van der Waals surface area contributed by atoms with E-state index >= 15 is 0 Å². The predicted molar refractivity (Wildman–Crippen MR) is 112 cm³/mol. The van der Waals surface area contributed by atoms with E-state index < -0.39 is 0 Å². The molecule has 0 aliphatic heterocycles. The third-order valence-electron chi connectivity index (χ3n) is 5.77. The third kappa shape index (κ3) is 2.30. The van der Waals surface area contributed by atoms with Crippen molar-refractivity contribution in [1.29, 1.82) is 0 Å². The second-order valence-electron chi connectivity index (χ2n) is 7.51. The van der Waals surface area contributed by atoms with Gasteiger partial charge in [0, 0.05) is 28.3 Å². The summed E-state index contributed by atoms with van der Waals surface area (Å²) >= 11 is 0. The average molecular weight is 352 g/mol. The van der Waals surface area contributed by atoms with Crippen molar-refractivity contribution in [3.05, 3.63) is 77.4 Å². The lowest BCUT2D eigenvalue weighted by atomic mass is 9.96. The Morgan fingerprint density at radius 1 is 0.815 bits per heavy atom. The first kappa shape index (κ1) is 16.1. The zero-order valence-corrected chi connectivity index (χ0v) is 16.1. The van der Waals surface area contributed by atoms with E-state index in [9.17, 15) is 0 Å². The van der Waals surface area contributed by atoms with Crippen LogP contribution in [0.3, 0.4) is 0 Å². The van der Waals surface area contributed by atoms with Crippen LogP contribution in [0.1, 0.15) is 16.7 Å². The van der Waals surface area contributed by atoms with Crippen LogP contribution in [0.15, 0.2) is 65.1 Å². The standard InChI is InChI=1S/C25H22NO/c1-15-9-10-18-11-12-21(26(4)22(18)13-15)24-17(3)16(2)14-20-19-7-5-6-8-23(19)27-25(20)24/h5-14H,1-4H3/q+1. The van der Waals surface area contributed by atoms with Crippen molar-refractivity contribution in [3.63, 3.8) is 0 Å². The number of para-hydroxylation sites is 1. The minimum atomic E-state index is 0.943. The zero-order valence-electron chi connectivity index (χ0n) is 16.1. The molecule has 0 saturated carbocycles. The fourth-order valence-corrected chi connectivity index (χ4v) is 4.14. The number of rotatable bonds is 1. The van der Waals surface area contributed by atoms with E-state index in [1.165, 1.54) is 49.6 Å². The van der Waals surface area contributed by atoms with Crippen LogP contribution in [-0.2, 0) is 7.05 Å². The number of furan rings is 1. The highest BCUT2D eigenvalue weighted by Crippen LogP contribution is 2.38. The summed E-state index contributed by atoms with van der Waals surface area (Å²) in [5, 5.41) is 3.61. The molecule has 2 nitrogen and oxygen atoms in total. The van der Waals surface area contributed by atoms with Crippen LogP contribution in [-0.4, -0.2) is 0 Å². The quantitative estimate of drug-likeness (QED) is 0.330. The van der Waals surface area contributed by atoms with Gasteiger partial charge in [-0.15, -0.1) is 0 Å². The maximum atomic E-state index is 6.35. The summed E-state index contributed by atoms with van der Waals surface area (Å²) < 4.78 is 8.64. The molecule has 5 aromatic rings. The van der Waals surface area contributed by atoms with Crippen LogP contribution in [0.4, 0.5) is 0 Å². The Morgan fingerprint density at radius 3 is 2.44 bits per heavy atom. The molecule has 27 heavy (non-hydrogen) atoms. The average Bonchev–Trinajstić information content (AvgIpc) is 3.02. The van der Waals surface area contributed by atoms with Crippen molar-refractivity contribution in [2.45, 2.75) is 20.8 Å². The molecular weight excluding hydrogens is 330 g/mol. The molecule has 3 aromatic carbocycles. The summed E-state index contributed by atoms with van der Waals surface area (Å²) in [6, 6.07) is 21.6. The van der Waals surface area contributed by atoms with E-state index in [1.807, 2.05) is 12.1 Å². The molecule has 0 aliphatic carbocycles. The van der Waals surface area contributed by atoms with Crippen LogP contribution in [0.5, 0.6) is 0 Å². The van der Waals surface area contributed by atoms with E-state index in [4.69, 9.17) is 4.42 Å². The molecule has 0 N–H and O–H groups in total. The fraction of sp³-hybridized carbons (Fsp3) is 0.160. The number of nitrogens with zero attached hydrogens (tertiary/aromatic N) is 1. The van der Waals surface area contributed by atoms with E-state index in [0.717, 1.165) is 11.2 Å². The second-order valence-corrected chi connectivity index (χ2v) is 7.51. The third-order valence-corrected chi connectivity index (χ3v) is 5.77. The monoisotopic (exact) mass is 352 g/mol. The van der Waals surface area contributed by atoms with Crippen LogP contribution < -0.4 is 4.57 Å². The van der Waals surface area contributed by atoms with Crippen LogP contribution in [0.25, 0.3) is 44.1 Å². The molecule has 0 amide bonds. The number of pyridine rings is 1. The summed E-state index contributed by atoms with van der Waals surface area (Å²) in [5.41, 5.74) is 9.34. The molecular formula is C25H22NO+. The lowest BCUT2D eigenvalue weighted by Crippen LogP contribution is -2.32. The summed E-state index contributed by atoms with van der Waals surface area (Å²) in [6.45, 7) is 6.52. The Bertz CT molecular complexity index is 1360. The molecule has 2 heterocycles. The molecule has 0 saturated heterocycles. The van der Waals surface area contributed by atoms with Gasteiger partial charge in [0.1, 0.15) is 18.2 Å². The van der Waals surface area contributed by atoms with Crippen molar-refractivity contribution in [1.82, 2.24) is 0 Å². The normalized spacial score (nSPS) is 11.7. The summed E-state index contributed by atoms with van der Waals surface area (Å²) in [7, 11) is 2.15. The molecule has 5 rings (SSSR count). The molecule has 0 fully saturated rings. The smallest absolute Gasteiger partial charge is 0.216 e. The lowest BCUT2D eigenvalue weighted by Gasteiger charge is -2.10. The Labute approximate surface area is 158 Å². The van der Waals surface area contributed by atoms with E-state index in [0.29, 0.717) is 0 Å². The topological polar surface area (TPSA) is 17.0 Å². The van der Waals surface area contributed by atoms with E-state index in [-0.39, 0.29) is 0 Å². The van der Waals surface area contributed by atoms with Gasteiger partial charge in [0.2, 0.25) is 11.2 Å². The number of fused-ring (bicyclic) bond motifs is 4. The Balaban J connectivity index is 1.94. The number of aromatic nitrogens is 1. The first-order valence-corrected chi connectivity index (χ1v) is 9.36. The Morgan fingerprint density at radius 2 is 1.59 bits per heavy atom. The minimum Gasteiger partial charge on any atom is -0.455 e. The highest BCUT2D eigenvalue weighted by molar-refractivity contribution is 6.10. The van der Waals surface area contributed by atoms with Gasteiger partial charge in [-0.3, -0.25) is 0 Å². The van der Waals surface area contributed by atoms with Gasteiger partial charge in [0.15, 0.2) is 0 Å². The molecule has 0 atom stereocenters. The molecule has 0 unspecified atom stereocenters. The summed E-state index contributed by atoms with van der Waals surface area (Å²) in [6.07, 6.45) is 0. The van der Waals surface area contributed by atoms with Crippen LogP contribution in [0.2, 0.25) is 0 Å². The Hall–Kier alpha value is -3.13. The van der Waals surface area contributed by atoms with Crippen LogP contribution in [0, 0.1) is 20.8 Å². The van der Waals surface area contributed by atoms with Crippen molar-refractivity contribution < 1.29 is 8.98 Å². The molecule has 2 aromatic heterocycles. The molecule has 2 heteroatoms. The molecule has 0 aliphatic rings. The van der Waals surface area contributed by atoms with Gasteiger partial charge in [0.25, 0.3) is 0 Å². The maximum absolute atomic E-state index is 6.35. The first-order valence-electron chi connectivity index (χ1n) is 9.36. The first-order chi connectivity index (χ1) is 13.0. The SMILES string of the molecule is Cc1ccc2ccc(-c3c(C)c(C)cc4c3oc3ccccc34)[n+](C)c2c1. The van der Waals surface area contributed by atoms with Gasteiger partial charge in [-0.05, 0) is 61.7 Å². The van der Waals surface area contributed by atoms with Crippen molar-refractivity contribution >= 4 is 32.8 Å². The van der Waals surface area contributed by atoms with E-state index in [2.05, 4.69) is 80.9 Å². The van der Waals surface area contributed by atoms with Gasteiger partial charge in [-0.25, -0.2) is 0 Å². The van der Waals surface area contributed by atoms with Crippen molar-refractivity contribution in [2.75, 3.05) is 0 Å². The van der Waals surface area contributed by atoms with Crippen LogP contribution >= 0.6 is 0 Å². The van der Waals surface area contributed by atoms with Gasteiger partial charge < -0.3 is 4.42 Å².